The Balaban J connectivity index is 2.10. The summed E-state index contributed by atoms with van der Waals surface area (Å²) in [4.78, 5) is 0. The third-order valence-electron chi connectivity index (χ3n) is 3.87. The topological polar surface area (TPSA) is 20.2 Å². The quantitative estimate of drug-likeness (QED) is 0.842. The second-order valence-electron chi connectivity index (χ2n) is 5.29. The van der Waals surface area contributed by atoms with Crippen LogP contribution in [-0.2, 0) is 6.42 Å². The molecule has 1 nitrogen and oxygen atoms in total. The Morgan fingerprint density at radius 3 is 2.20 bits per heavy atom. The molecule has 2 aromatic carbocycles. The molecule has 0 aliphatic rings. The summed E-state index contributed by atoms with van der Waals surface area (Å²) in [7, 11) is 0. The first kappa shape index (κ1) is 14.7. The minimum absolute atomic E-state index is 0.261. The highest BCUT2D eigenvalue weighted by atomic mass is 19.1. The minimum atomic E-state index is -0.669. The van der Waals surface area contributed by atoms with Crippen LogP contribution in [-0.4, -0.2) is 5.11 Å². The third kappa shape index (κ3) is 3.45. The van der Waals surface area contributed by atoms with Gasteiger partial charge in [0, 0.05) is 6.42 Å². The van der Waals surface area contributed by atoms with Crippen molar-refractivity contribution in [2.75, 3.05) is 0 Å². The zero-order valence-corrected chi connectivity index (χ0v) is 12.0. The number of rotatable bonds is 5. The number of halogens is 1. The van der Waals surface area contributed by atoms with E-state index in [9.17, 15) is 9.50 Å². The van der Waals surface area contributed by atoms with Crippen molar-refractivity contribution in [3.63, 3.8) is 0 Å². The highest BCUT2D eigenvalue weighted by Crippen LogP contribution is 2.23. The summed E-state index contributed by atoms with van der Waals surface area (Å²) in [5.74, 6) is 0.260. The lowest BCUT2D eigenvalue weighted by Crippen LogP contribution is -2.04. The molecule has 0 aliphatic carbocycles. The van der Waals surface area contributed by atoms with Crippen LogP contribution in [0.25, 0.3) is 0 Å². The molecule has 2 heteroatoms. The lowest BCUT2D eigenvalue weighted by atomic mass is 9.95. The van der Waals surface area contributed by atoms with E-state index in [1.165, 1.54) is 11.6 Å². The van der Waals surface area contributed by atoms with Crippen molar-refractivity contribution < 1.29 is 9.50 Å². The number of aliphatic hydroxyl groups is 1. The molecule has 2 atom stereocenters. The van der Waals surface area contributed by atoms with Gasteiger partial charge in [0.05, 0.1) is 6.10 Å². The Morgan fingerprint density at radius 2 is 1.60 bits per heavy atom. The summed E-state index contributed by atoms with van der Waals surface area (Å²) < 4.78 is 13.6. The second kappa shape index (κ2) is 6.67. The molecule has 0 radical (unpaired) electrons. The van der Waals surface area contributed by atoms with E-state index < -0.39 is 6.10 Å². The van der Waals surface area contributed by atoms with Crippen molar-refractivity contribution in [3.8, 4) is 0 Å². The van der Waals surface area contributed by atoms with Gasteiger partial charge in [0.15, 0.2) is 0 Å². The van der Waals surface area contributed by atoms with E-state index in [0.717, 1.165) is 12.0 Å². The number of benzene rings is 2. The molecular formula is C18H21FO. The van der Waals surface area contributed by atoms with Crippen LogP contribution in [0.5, 0.6) is 0 Å². The molecule has 0 saturated carbocycles. The van der Waals surface area contributed by atoms with Gasteiger partial charge in [-0.15, -0.1) is 0 Å². The average molecular weight is 272 g/mol. The van der Waals surface area contributed by atoms with Gasteiger partial charge in [0.2, 0.25) is 0 Å². The van der Waals surface area contributed by atoms with Gasteiger partial charge in [0.25, 0.3) is 0 Å². The predicted molar refractivity (Wildman–Crippen MR) is 80.2 cm³/mol. The van der Waals surface area contributed by atoms with Gasteiger partial charge in [-0.25, -0.2) is 4.39 Å². The molecule has 1 N–H and O–H groups in total. The summed E-state index contributed by atoms with van der Waals surface area (Å²) in [6, 6.07) is 14.6. The fourth-order valence-corrected chi connectivity index (χ4v) is 2.27. The molecule has 106 valence electrons. The maximum Gasteiger partial charge on any atom is 0.126 e. The molecule has 20 heavy (non-hydrogen) atoms. The first-order valence-electron chi connectivity index (χ1n) is 7.13. The summed E-state index contributed by atoms with van der Waals surface area (Å²) in [6.45, 7) is 4.34. The molecule has 2 aromatic rings. The van der Waals surface area contributed by atoms with E-state index in [0.29, 0.717) is 17.9 Å². The highest BCUT2D eigenvalue weighted by molar-refractivity contribution is 5.28. The van der Waals surface area contributed by atoms with Crippen LogP contribution in [0.15, 0.2) is 48.5 Å². The fourth-order valence-electron chi connectivity index (χ4n) is 2.27. The molecule has 0 aromatic heterocycles. The average Bonchev–Trinajstić information content (AvgIpc) is 2.49. The largest absolute Gasteiger partial charge is 0.388 e. The van der Waals surface area contributed by atoms with Crippen molar-refractivity contribution in [2.24, 2.45) is 0 Å². The molecule has 0 bridgehead atoms. The molecule has 0 heterocycles. The van der Waals surface area contributed by atoms with Crippen molar-refractivity contribution in [3.05, 3.63) is 71.0 Å². The smallest absolute Gasteiger partial charge is 0.126 e. The Kier molecular flexibility index (Phi) is 4.91. The van der Waals surface area contributed by atoms with Crippen molar-refractivity contribution >= 4 is 0 Å². The van der Waals surface area contributed by atoms with Crippen molar-refractivity contribution in [1.29, 1.82) is 0 Å². The van der Waals surface area contributed by atoms with E-state index in [-0.39, 0.29) is 5.82 Å². The maximum atomic E-state index is 13.6. The maximum absolute atomic E-state index is 13.6. The van der Waals surface area contributed by atoms with E-state index in [2.05, 4.69) is 13.8 Å². The van der Waals surface area contributed by atoms with E-state index in [1.807, 2.05) is 24.3 Å². The number of hydrogen-bond acceptors (Lipinski definition) is 1. The van der Waals surface area contributed by atoms with Crippen LogP contribution in [0, 0.1) is 5.82 Å². The summed E-state index contributed by atoms with van der Waals surface area (Å²) in [5.41, 5.74) is 2.65. The standard InChI is InChI=1S/C18H21FO/c1-3-13(2)14-8-10-15(11-9-14)18(20)12-16-6-4-5-7-17(16)19/h4-11,13,18,20H,3,12H2,1-2H3. The van der Waals surface area contributed by atoms with E-state index >= 15 is 0 Å². The van der Waals surface area contributed by atoms with Gasteiger partial charge < -0.3 is 5.11 Å². The monoisotopic (exact) mass is 272 g/mol. The van der Waals surface area contributed by atoms with E-state index in [1.54, 1.807) is 18.2 Å². The fraction of sp³-hybridized carbons (Fsp3) is 0.333. The Bertz CT molecular complexity index is 548. The lowest BCUT2D eigenvalue weighted by molar-refractivity contribution is 0.177. The van der Waals surface area contributed by atoms with Gasteiger partial charge in [-0.2, -0.15) is 0 Å². The molecule has 2 rings (SSSR count). The Morgan fingerprint density at radius 1 is 1.00 bits per heavy atom. The first-order chi connectivity index (χ1) is 9.61. The van der Waals surface area contributed by atoms with Gasteiger partial charge in [-0.05, 0) is 35.1 Å². The van der Waals surface area contributed by atoms with Gasteiger partial charge >= 0.3 is 0 Å². The van der Waals surface area contributed by atoms with Gasteiger partial charge in [-0.3, -0.25) is 0 Å². The lowest BCUT2D eigenvalue weighted by Gasteiger charge is -2.14. The summed E-state index contributed by atoms with van der Waals surface area (Å²) in [5, 5.41) is 10.2. The van der Waals surface area contributed by atoms with E-state index in [4.69, 9.17) is 0 Å². The number of aliphatic hydroxyl groups excluding tert-OH is 1. The molecule has 0 saturated heterocycles. The third-order valence-corrected chi connectivity index (χ3v) is 3.87. The Hall–Kier alpha value is -1.67. The molecule has 2 unspecified atom stereocenters. The Labute approximate surface area is 120 Å². The number of hydrogen-bond donors (Lipinski definition) is 1. The molecule has 0 spiro atoms. The van der Waals surface area contributed by atoms with Gasteiger partial charge in [0.1, 0.15) is 5.82 Å². The zero-order chi connectivity index (χ0) is 14.5. The first-order valence-corrected chi connectivity index (χ1v) is 7.13. The predicted octanol–water partition coefficient (Wildman–Crippen LogP) is 4.62. The zero-order valence-electron chi connectivity index (χ0n) is 12.0. The minimum Gasteiger partial charge on any atom is -0.388 e. The van der Waals surface area contributed by atoms with Crippen molar-refractivity contribution in [2.45, 2.75) is 38.7 Å². The molecule has 0 amide bonds. The SMILES string of the molecule is CCC(C)c1ccc(C(O)Cc2ccccc2F)cc1. The van der Waals surface area contributed by atoms with Crippen LogP contribution in [0.2, 0.25) is 0 Å². The van der Waals surface area contributed by atoms with Crippen LogP contribution >= 0.6 is 0 Å². The van der Waals surface area contributed by atoms with Crippen molar-refractivity contribution in [1.82, 2.24) is 0 Å². The molecule has 0 aliphatic heterocycles. The second-order valence-corrected chi connectivity index (χ2v) is 5.29. The van der Waals surface area contributed by atoms with Gasteiger partial charge in [-0.1, -0.05) is 56.3 Å². The molecule has 0 fully saturated rings. The molecular weight excluding hydrogens is 251 g/mol. The summed E-state index contributed by atoms with van der Waals surface area (Å²) >= 11 is 0. The van der Waals surface area contributed by atoms with Crippen LogP contribution in [0.3, 0.4) is 0 Å². The highest BCUT2D eigenvalue weighted by Gasteiger charge is 2.12. The summed E-state index contributed by atoms with van der Waals surface area (Å²) in [6.07, 6.45) is 0.727. The van der Waals surface area contributed by atoms with Crippen LogP contribution in [0.4, 0.5) is 4.39 Å². The van der Waals surface area contributed by atoms with Crippen LogP contribution < -0.4 is 0 Å². The normalized spacial score (nSPS) is 14.0. The van der Waals surface area contributed by atoms with Crippen LogP contribution in [0.1, 0.15) is 49.0 Å².